The van der Waals surface area contributed by atoms with Crippen LogP contribution in [0.2, 0.25) is 0 Å². The van der Waals surface area contributed by atoms with E-state index >= 15 is 0 Å². The molecule has 0 fully saturated rings. The summed E-state index contributed by atoms with van der Waals surface area (Å²) in [4.78, 5) is 24.3. The van der Waals surface area contributed by atoms with Crippen molar-refractivity contribution in [3.05, 3.63) is 52.5 Å². The van der Waals surface area contributed by atoms with E-state index in [-0.39, 0.29) is 12.2 Å². The van der Waals surface area contributed by atoms with Crippen LogP contribution in [0, 0.1) is 0 Å². The number of para-hydroxylation sites is 2. The summed E-state index contributed by atoms with van der Waals surface area (Å²) >= 11 is 3.29. The standard InChI is InChI=1S/C17H14BrNO5/c1-22-17(21)11-8-10(18)6-7-12(11)19-16(20)15-9-23-13-4-2-3-5-14(13)24-15/h2-8,15H,9H2,1H3,(H,19,20)/t15-/m1/s1. The molecule has 7 heteroatoms. The zero-order valence-corrected chi connectivity index (χ0v) is 14.3. The van der Waals surface area contributed by atoms with E-state index in [2.05, 4.69) is 21.2 Å². The Labute approximate surface area is 146 Å². The maximum Gasteiger partial charge on any atom is 0.340 e. The van der Waals surface area contributed by atoms with Crippen LogP contribution in [-0.4, -0.2) is 31.7 Å². The summed E-state index contributed by atoms with van der Waals surface area (Å²) < 4.78 is 16.6. The van der Waals surface area contributed by atoms with Gasteiger partial charge in [-0.2, -0.15) is 0 Å². The molecule has 3 rings (SSSR count). The number of nitrogens with one attached hydrogen (secondary N) is 1. The highest BCUT2D eigenvalue weighted by Gasteiger charge is 2.28. The normalized spacial score (nSPS) is 15.5. The summed E-state index contributed by atoms with van der Waals surface area (Å²) in [6, 6.07) is 12.0. The van der Waals surface area contributed by atoms with Crippen molar-refractivity contribution in [2.24, 2.45) is 0 Å². The van der Waals surface area contributed by atoms with Crippen LogP contribution >= 0.6 is 15.9 Å². The SMILES string of the molecule is COC(=O)c1cc(Br)ccc1NC(=O)[C@H]1COc2ccccc2O1. The van der Waals surface area contributed by atoms with Crippen LogP contribution in [-0.2, 0) is 9.53 Å². The van der Waals surface area contributed by atoms with Crippen molar-refractivity contribution in [2.75, 3.05) is 19.0 Å². The molecule has 2 aromatic rings. The molecular weight excluding hydrogens is 378 g/mol. The molecule has 0 saturated carbocycles. The number of carbonyl (C=O) groups excluding carboxylic acids is 2. The molecule has 0 aromatic heterocycles. The fraction of sp³-hybridized carbons (Fsp3) is 0.176. The first-order valence-corrected chi connectivity index (χ1v) is 7.95. The third kappa shape index (κ3) is 3.35. The lowest BCUT2D eigenvalue weighted by molar-refractivity contribution is -0.125. The van der Waals surface area contributed by atoms with Crippen LogP contribution in [0.1, 0.15) is 10.4 Å². The molecule has 1 heterocycles. The second kappa shape index (κ2) is 6.92. The fourth-order valence-electron chi connectivity index (χ4n) is 2.27. The zero-order chi connectivity index (χ0) is 17.1. The highest BCUT2D eigenvalue weighted by Crippen LogP contribution is 2.31. The minimum absolute atomic E-state index is 0.0902. The van der Waals surface area contributed by atoms with E-state index in [1.807, 2.05) is 6.07 Å². The quantitative estimate of drug-likeness (QED) is 0.813. The van der Waals surface area contributed by atoms with Crippen molar-refractivity contribution in [2.45, 2.75) is 6.10 Å². The predicted octanol–water partition coefficient (Wildman–Crippen LogP) is 3.01. The smallest absolute Gasteiger partial charge is 0.340 e. The maximum atomic E-state index is 12.4. The molecule has 24 heavy (non-hydrogen) atoms. The summed E-state index contributed by atoms with van der Waals surface area (Å²) in [5.41, 5.74) is 0.592. The summed E-state index contributed by atoms with van der Waals surface area (Å²) in [7, 11) is 1.28. The first-order chi connectivity index (χ1) is 11.6. The topological polar surface area (TPSA) is 73.9 Å². The van der Waals surface area contributed by atoms with Crippen LogP contribution in [0.5, 0.6) is 11.5 Å². The van der Waals surface area contributed by atoms with Crippen molar-refractivity contribution in [1.29, 1.82) is 0 Å². The van der Waals surface area contributed by atoms with Crippen LogP contribution in [0.4, 0.5) is 5.69 Å². The Morgan fingerprint density at radius 2 is 1.96 bits per heavy atom. The number of ether oxygens (including phenoxy) is 3. The van der Waals surface area contributed by atoms with Gasteiger partial charge in [0.25, 0.3) is 5.91 Å². The number of methoxy groups -OCH3 is 1. The van der Waals surface area contributed by atoms with E-state index in [4.69, 9.17) is 14.2 Å². The third-order valence-corrected chi connectivity index (χ3v) is 3.94. The lowest BCUT2D eigenvalue weighted by Crippen LogP contribution is -2.40. The highest BCUT2D eigenvalue weighted by atomic mass is 79.9. The molecule has 0 saturated heterocycles. The number of hydrogen-bond donors (Lipinski definition) is 1. The number of rotatable bonds is 3. The largest absolute Gasteiger partial charge is 0.485 e. The summed E-state index contributed by atoms with van der Waals surface area (Å²) in [6.45, 7) is 0.0902. The average molecular weight is 392 g/mol. The number of esters is 1. The Hall–Kier alpha value is -2.54. The summed E-state index contributed by atoms with van der Waals surface area (Å²) in [6.07, 6.45) is -0.811. The molecule has 0 radical (unpaired) electrons. The van der Waals surface area contributed by atoms with Crippen molar-refractivity contribution >= 4 is 33.5 Å². The Morgan fingerprint density at radius 3 is 2.71 bits per heavy atom. The third-order valence-electron chi connectivity index (χ3n) is 3.45. The minimum Gasteiger partial charge on any atom is -0.485 e. The van der Waals surface area contributed by atoms with Crippen LogP contribution in [0.25, 0.3) is 0 Å². The number of benzene rings is 2. The van der Waals surface area contributed by atoms with Gasteiger partial charge in [0.2, 0.25) is 6.10 Å². The van der Waals surface area contributed by atoms with Crippen LogP contribution in [0.3, 0.4) is 0 Å². The first-order valence-electron chi connectivity index (χ1n) is 7.15. The Bertz CT molecular complexity index is 792. The fourth-order valence-corrected chi connectivity index (χ4v) is 2.63. The molecular formula is C17H14BrNO5. The number of anilines is 1. The van der Waals surface area contributed by atoms with Gasteiger partial charge in [0.1, 0.15) is 6.61 Å². The van der Waals surface area contributed by atoms with Gasteiger partial charge in [-0.3, -0.25) is 4.79 Å². The monoisotopic (exact) mass is 391 g/mol. The van der Waals surface area contributed by atoms with E-state index in [0.717, 1.165) is 0 Å². The lowest BCUT2D eigenvalue weighted by atomic mass is 10.1. The molecule has 1 aliphatic rings. The summed E-state index contributed by atoms with van der Waals surface area (Å²) in [5.74, 6) is 0.156. The van der Waals surface area contributed by atoms with Crippen molar-refractivity contribution < 1.29 is 23.8 Å². The van der Waals surface area contributed by atoms with Gasteiger partial charge in [-0.05, 0) is 30.3 Å². The van der Waals surface area contributed by atoms with Gasteiger partial charge in [-0.15, -0.1) is 0 Å². The van der Waals surface area contributed by atoms with Crippen LogP contribution in [0.15, 0.2) is 46.9 Å². The maximum absolute atomic E-state index is 12.4. The van der Waals surface area contributed by atoms with Crippen molar-refractivity contribution in [1.82, 2.24) is 0 Å². The second-order valence-corrected chi connectivity index (χ2v) is 5.95. The Morgan fingerprint density at radius 1 is 1.21 bits per heavy atom. The summed E-state index contributed by atoms with van der Waals surface area (Å²) in [5, 5.41) is 2.69. The highest BCUT2D eigenvalue weighted by molar-refractivity contribution is 9.10. The van der Waals surface area contributed by atoms with E-state index < -0.39 is 18.0 Å². The lowest BCUT2D eigenvalue weighted by Gasteiger charge is -2.25. The average Bonchev–Trinajstić information content (AvgIpc) is 2.62. The molecule has 0 aliphatic carbocycles. The molecule has 1 aliphatic heterocycles. The Balaban J connectivity index is 1.78. The van der Waals surface area contributed by atoms with Gasteiger partial charge in [-0.25, -0.2) is 4.79 Å². The first kappa shape index (κ1) is 16.3. The minimum atomic E-state index is -0.811. The second-order valence-electron chi connectivity index (χ2n) is 5.03. The molecule has 0 spiro atoms. The van der Waals surface area contributed by atoms with E-state index in [0.29, 0.717) is 21.7 Å². The number of halogens is 1. The molecule has 0 unspecified atom stereocenters. The number of amides is 1. The zero-order valence-electron chi connectivity index (χ0n) is 12.7. The number of fused-ring (bicyclic) bond motifs is 1. The molecule has 0 bridgehead atoms. The molecule has 124 valence electrons. The van der Waals surface area contributed by atoms with E-state index in [1.54, 1.807) is 36.4 Å². The van der Waals surface area contributed by atoms with Crippen molar-refractivity contribution in [3.8, 4) is 11.5 Å². The van der Waals surface area contributed by atoms with Crippen molar-refractivity contribution in [3.63, 3.8) is 0 Å². The number of carbonyl (C=O) groups is 2. The number of hydrogen-bond acceptors (Lipinski definition) is 5. The van der Waals surface area contributed by atoms with Gasteiger partial charge >= 0.3 is 5.97 Å². The van der Waals surface area contributed by atoms with Gasteiger partial charge in [0, 0.05) is 4.47 Å². The molecule has 6 nitrogen and oxygen atoms in total. The van der Waals surface area contributed by atoms with Gasteiger partial charge in [0.05, 0.1) is 18.4 Å². The van der Waals surface area contributed by atoms with Crippen LogP contribution < -0.4 is 14.8 Å². The van der Waals surface area contributed by atoms with Gasteiger partial charge in [0.15, 0.2) is 11.5 Å². The predicted molar refractivity (Wildman–Crippen MR) is 90.5 cm³/mol. The van der Waals surface area contributed by atoms with E-state index in [9.17, 15) is 9.59 Å². The Kier molecular flexibility index (Phi) is 4.71. The molecule has 1 atom stereocenters. The van der Waals surface area contributed by atoms with E-state index in [1.165, 1.54) is 7.11 Å². The van der Waals surface area contributed by atoms with Gasteiger partial charge < -0.3 is 19.5 Å². The molecule has 2 aromatic carbocycles. The molecule has 1 N–H and O–H groups in total. The van der Waals surface area contributed by atoms with Gasteiger partial charge in [-0.1, -0.05) is 28.1 Å². The molecule has 1 amide bonds.